The SMILES string of the molecule is FC(F)(F)c1cccc(OC2CN(CCn3ccnn3)C2)n1. The number of rotatable bonds is 5. The van der Waals surface area contributed by atoms with Gasteiger partial charge in [0.15, 0.2) is 0 Å². The van der Waals surface area contributed by atoms with E-state index in [1.54, 1.807) is 17.1 Å². The number of pyridine rings is 1. The molecule has 0 radical (unpaired) electrons. The molecule has 0 bridgehead atoms. The molecule has 1 aliphatic rings. The minimum atomic E-state index is -4.46. The highest BCUT2D eigenvalue weighted by Crippen LogP contribution is 2.29. The van der Waals surface area contributed by atoms with Crippen LogP contribution in [0, 0.1) is 0 Å². The molecule has 0 aromatic carbocycles. The highest BCUT2D eigenvalue weighted by atomic mass is 19.4. The van der Waals surface area contributed by atoms with Gasteiger partial charge in [0.05, 0.1) is 12.7 Å². The number of aromatic nitrogens is 4. The number of alkyl halides is 3. The van der Waals surface area contributed by atoms with Crippen LogP contribution < -0.4 is 4.74 Å². The van der Waals surface area contributed by atoms with Crippen molar-refractivity contribution in [1.29, 1.82) is 0 Å². The Morgan fingerprint density at radius 2 is 2.05 bits per heavy atom. The molecule has 0 spiro atoms. The number of hydrogen-bond acceptors (Lipinski definition) is 5. The van der Waals surface area contributed by atoms with E-state index in [0.717, 1.165) is 12.6 Å². The van der Waals surface area contributed by atoms with Gasteiger partial charge in [-0.15, -0.1) is 5.10 Å². The minimum Gasteiger partial charge on any atom is -0.472 e. The molecule has 1 saturated heterocycles. The van der Waals surface area contributed by atoms with Gasteiger partial charge in [-0.2, -0.15) is 13.2 Å². The van der Waals surface area contributed by atoms with Crippen molar-refractivity contribution in [1.82, 2.24) is 24.9 Å². The molecule has 3 heterocycles. The maximum Gasteiger partial charge on any atom is 0.433 e. The Morgan fingerprint density at radius 1 is 1.23 bits per heavy atom. The Balaban J connectivity index is 1.46. The van der Waals surface area contributed by atoms with Crippen LogP contribution in [-0.2, 0) is 12.7 Å². The van der Waals surface area contributed by atoms with Crippen molar-refractivity contribution in [2.75, 3.05) is 19.6 Å². The van der Waals surface area contributed by atoms with Crippen LogP contribution in [0.15, 0.2) is 30.6 Å². The summed E-state index contributed by atoms with van der Waals surface area (Å²) >= 11 is 0. The molecule has 2 aromatic heterocycles. The molecule has 2 aromatic rings. The van der Waals surface area contributed by atoms with E-state index in [9.17, 15) is 13.2 Å². The standard InChI is InChI=1S/C13H14F3N5O/c14-13(15,16)11-2-1-3-12(18-11)22-10-8-20(9-10)6-7-21-5-4-17-19-21/h1-5,10H,6-9H2. The number of hydrogen-bond donors (Lipinski definition) is 0. The van der Waals surface area contributed by atoms with Gasteiger partial charge in [-0.1, -0.05) is 11.3 Å². The second-order valence-electron chi connectivity index (χ2n) is 5.02. The number of halogens is 3. The summed E-state index contributed by atoms with van der Waals surface area (Å²) in [6, 6.07) is 3.66. The molecule has 0 atom stereocenters. The lowest BCUT2D eigenvalue weighted by Gasteiger charge is -2.38. The van der Waals surface area contributed by atoms with Gasteiger partial charge in [0.25, 0.3) is 0 Å². The largest absolute Gasteiger partial charge is 0.472 e. The summed E-state index contributed by atoms with van der Waals surface area (Å²) in [4.78, 5) is 5.61. The lowest BCUT2D eigenvalue weighted by atomic mass is 10.1. The summed E-state index contributed by atoms with van der Waals surface area (Å²) in [6.07, 6.45) is -1.20. The molecule has 3 rings (SSSR count). The van der Waals surface area contributed by atoms with E-state index >= 15 is 0 Å². The van der Waals surface area contributed by atoms with Crippen LogP contribution in [0.5, 0.6) is 5.88 Å². The molecular weight excluding hydrogens is 299 g/mol. The van der Waals surface area contributed by atoms with Gasteiger partial charge in [0, 0.05) is 31.9 Å². The molecule has 1 aliphatic heterocycles. The maximum atomic E-state index is 12.6. The third kappa shape index (κ3) is 3.53. The fraction of sp³-hybridized carbons (Fsp3) is 0.462. The zero-order valence-electron chi connectivity index (χ0n) is 11.6. The maximum absolute atomic E-state index is 12.6. The van der Waals surface area contributed by atoms with E-state index in [1.165, 1.54) is 12.1 Å². The van der Waals surface area contributed by atoms with Crippen LogP contribution in [0.2, 0.25) is 0 Å². The van der Waals surface area contributed by atoms with E-state index in [2.05, 4.69) is 20.2 Å². The topological polar surface area (TPSA) is 56.1 Å². The predicted octanol–water partition coefficient (Wildman–Crippen LogP) is 1.46. The minimum absolute atomic E-state index is 0.00995. The highest BCUT2D eigenvalue weighted by Gasteiger charge is 2.33. The van der Waals surface area contributed by atoms with Crippen molar-refractivity contribution in [3.8, 4) is 5.88 Å². The lowest BCUT2D eigenvalue weighted by molar-refractivity contribution is -0.141. The monoisotopic (exact) mass is 313 g/mol. The molecule has 0 saturated carbocycles. The second kappa shape index (κ2) is 5.91. The number of nitrogens with zero attached hydrogens (tertiary/aromatic N) is 5. The number of ether oxygens (including phenoxy) is 1. The highest BCUT2D eigenvalue weighted by molar-refractivity contribution is 5.18. The van der Waals surface area contributed by atoms with Crippen molar-refractivity contribution in [3.63, 3.8) is 0 Å². The van der Waals surface area contributed by atoms with Crippen LogP contribution >= 0.6 is 0 Å². The van der Waals surface area contributed by atoms with Gasteiger partial charge in [0.1, 0.15) is 11.8 Å². The second-order valence-corrected chi connectivity index (χ2v) is 5.02. The van der Waals surface area contributed by atoms with Gasteiger partial charge >= 0.3 is 6.18 Å². The summed E-state index contributed by atoms with van der Waals surface area (Å²) in [5, 5.41) is 7.57. The normalized spacial score (nSPS) is 16.5. The Labute approximate surface area is 124 Å². The molecular formula is C13H14F3N5O. The Morgan fingerprint density at radius 3 is 2.73 bits per heavy atom. The third-order valence-corrected chi connectivity index (χ3v) is 3.34. The van der Waals surface area contributed by atoms with Crippen molar-refractivity contribution in [2.45, 2.75) is 18.8 Å². The van der Waals surface area contributed by atoms with Crippen LogP contribution in [0.1, 0.15) is 5.69 Å². The van der Waals surface area contributed by atoms with Crippen molar-refractivity contribution in [2.24, 2.45) is 0 Å². The van der Waals surface area contributed by atoms with Crippen LogP contribution in [0.3, 0.4) is 0 Å². The first kappa shape index (κ1) is 14.8. The summed E-state index contributed by atoms with van der Waals surface area (Å²) in [6.45, 7) is 2.83. The fourth-order valence-electron chi connectivity index (χ4n) is 2.18. The Hall–Kier alpha value is -2.16. The first-order valence-corrected chi connectivity index (χ1v) is 6.78. The molecule has 0 unspecified atom stereocenters. The number of likely N-dealkylation sites (tertiary alicyclic amines) is 1. The van der Waals surface area contributed by atoms with E-state index < -0.39 is 11.9 Å². The molecule has 9 heteroatoms. The summed E-state index contributed by atoms with van der Waals surface area (Å²) < 4.78 is 44.9. The zero-order valence-corrected chi connectivity index (χ0v) is 11.6. The van der Waals surface area contributed by atoms with Gasteiger partial charge in [0.2, 0.25) is 5.88 Å². The average Bonchev–Trinajstić information content (AvgIpc) is 2.94. The molecule has 22 heavy (non-hydrogen) atoms. The van der Waals surface area contributed by atoms with Crippen molar-refractivity contribution < 1.29 is 17.9 Å². The third-order valence-electron chi connectivity index (χ3n) is 3.34. The predicted molar refractivity (Wildman–Crippen MR) is 70.1 cm³/mol. The van der Waals surface area contributed by atoms with Crippen molar-refractivity contribution in [3.05, 3.63) is 36.3 Å². The molecule has 0 aliphatic carbocycles. The first-order chi connectivity index (χ1) is 10.5. The van der Waals surface area contributed by atoms with Gasteiger partial charge in [-0.05, 0) is 6.07 Å². The smallest absolute Gasteiger partial charge is 0.433 e. The Kier molecular flexibility index (Phi) is 3.97. The zero-order chi connectivity index (χ0) is 15.6. The van der Waals surface area contributed by atoms with E-state index in [0.29, 0.717) is 19.6 Å². The summed E-state index contributed by atoms with van der Waals surface area (Å²) in [5.41, 5.74) is -0.938. The van der Waals surface area contributed by atoms with E-state index in [-0.39, 0.29) is 12.0 Å². The molecule has 6 nitrogen and oxygen atoms in total. The first-order valence-electron chi connectivity index (χ1n) is 6.78. The lowest BCUT2D eigenvalue weighted by Crippen LogP contribution is -2.54. The van der Waals surface area contributed by atoms with Crippen LogP contribution in [0.25, 0.3) is 0 Å². The van der Waals surface area contributed by atoms with Gasteiger partial charge in [-0.3, -0.25) is 9.58 Å². The van der Waals surface area contributed by atoms with Crippen LogP contribution in [0.4, 0.5) is 13.2 Å². The summed E-state index contributed by atoms with van der Waals surface area (Å²) in [5.74, 6) is 0.00995. The molecule has 0 N–H and O–H groups in total. The van der Waals surface area contributed by atoms with Crippen molar-refractivity contribution >= 4 is 0 Å². The van der Waals surface area contributed by atoms with Crippen LogP contribution in [-0.4, -0.2) is 50.6 Å². The molecule has 118 valence electrons. The van der Waals surface area contributed by atoms with Gasteiger partial charge in [-0.25, -0.2) is 4.98 Å². The average molecular weight is 313 g/mol. The van der Waals surface area contributed by atoms with Gasteiger partial charge < -0.3 is 4.74 Å². The quantitative estimate of drug-likeness (QED) is 0.836. The van der Waals surface area contributed by atoms with E-state index in [1.807, 2.05) is 0 Å². The van der Waals surface area contributed by atoms with E-state index in [4.69, 9.17) is 4.74 Å². The summed E-state index contributed by atoms with van der Waals surface area (Å²) in [7, 11) is 0. The Bertz CT molecular complexity index is 610. The molecule has 1 fully saturated rings. The molecule has 0 amide bonds. The fourth-order valence-corrected chi connectivity index (χ4v) is 2.18.